The number of ether oxygens (including phenoxy) is 1. The van der Waals surface area contributed by atoms with Crippen LogP contribution in [0.25, 0.3) is 0 Å². The van der Waals surface area contributed by atoms with Crippen LogP contribution in [0, 0.1) is 13.8 Å². The lowest BCUT2D eigenvalue weighted by Gasteiger charge is -2.10. The SMILES string of the molecule is COc1cnc(C)cc1NCCc1nc(C)no1. The van der Waals surface area contributed by atoms with Crippen LogP contribution in [0.3, 0.4) is 0 Å². The summed E-state index contributed by atoms with van der Waals surface area (Å²) >= 11 is 0. The Balaban J connectivity index is 1.95. The van der Waals surface area contributed by atoms with Crippen LogP contribution in [0.2, 0.25) is 0 Å². The third-order valence-electron chi connectivity index (χ3n) is 2.45. The van der Waals surface area contributed by atoms with E-state index in [9.17, 15) is 0 Å². The summed E-state index contributed by atoms with van der Waals surface area (Å²) in [6, 6.07) is 1.94. The molecule has 0 spiro atoms. The number of aromatic nitrogens is 3. The molecule has 0 radical (unpaired) electrons. The Morgan fingerprint density at radius 1 is 1.39 bits per heavy atom. The minimum Gasteiger partial charge on any atom is -0.493 e. The molecule has 0 aliphatic carbocycles. The third-order valence-corrected chi connectivity index (χ3v) is 2.45. The lowest BCUT2D eigenvalue weighted by Crippen LogP contribution is -2.07. The van der Waals surface area contributed by atoms with Crippen LogP contribution in [0.1, 0.15) is 17.4 Å². The smallest absolute Gasteiger partial charge is 0.228 e. The number of anilines is 1. The summed E-state index contributed by atoms with van der Waals surface area (Å²) in [6.45, 7) is 4.43. The molecule has 0 bridgehead atoms. The van der Waals surface area contributed by atoms with Gasteiger partial charge in [-0.2, -0.15) is 4.98 Å². The predicted molar refractivity (Wildman–Crippen MR) is 66.8 cm³/mol. The highest BCUT2D eigenvalue weighted by Gasteiger charge is 2.05. The Morgan fingerprint density at radius 2 is 2.22 bits per heavy atom. The number of hydrogen-bond donors (Lipinski definition) is 1. The minimum absolute atomic E-state index is 0.629. The Kier molecular flexibility index (Phi) is 3.76. The van der Waals surface area contributed by atoms with E-state index in [2.05, 4.69) is 20.4 Å². The molecule has 0 saturated heterocycles. The summed E-state index contributed by atoms with van der Waals surface area (Å²) in [7, 11) is 1.62. The molecule has 0 atom stereocenters. The maximum Gasteiger partial charge on any atom is 0.228 e. The van der Waals surface area contributed by atoms with Gasteiger partial charge in [0.2, 0.25) is 5.89 Å². The van der Waals surface area contributed by atoms with Crippen LogP contribution < -0.4 is 10.1 Å². The van der Waals surface area contributed by atoms with E-state index in [1.54, 1.807) is 20.2 Å². The van der Waals surface area contributed by atoms with Crippen molar-refractivity contribution in [2.45, 2.75) is 20.3 Å². The van der Waals surface area contributed by atoms with E-state index in [1.165, 1.54) is 0 Å². The number of hydrogen-bond acceptors (Lipinski definition) is 6. The van der Waals surface area contributed by atoms with Gasteiger partial charge in [-0.15, -0.1) is 0 Å². The quantitative estimate of drug-likeness (QED) is 0.869. The van der Waals surface area contributed by atoms with Crippen molar-refractivity contribution >= 4 is 5.69 Å². The fourth-order valence-electron chi connectivity index (χ4n) is 1.59. The van der Waals surface area contributed by atoms with Crippen molar-refractivity contribution in [3.63, 3.8) is 0 Å². The first-order valence-corrected chi connectivity index (χ1v) is 5.72. The van der Waals surface area contributed by atoms with E-state index in [4.69, 9.17) is 9.26 Å². The summed E-state index contributed by atoms with van der Waals surface area (Å²) in [5.74, 6) is 2.01. The van der Waals surface area contributed by atoms with Gasteiger partial charge in [0.15, 0.2) is 11.6 Å². The van der Waals surface area contributed by atoms with Crippen molar-refractivity contribution in [1.82, 2.24) is 15.1 Å². The predicted octanol–water partition coefficient (Wildman–Crippen LogP) is 1.74. The van der Waals surface area contributed by atoms with Gasteiger partial charge in [0.1, 0.15) is 0 Å². The summed E-state index contributed by atoms with van der Waals surface area (Å²) < 4.78 is 10.3. The topological polar surface area (TPSA) is 73.1 Å². The van der Waals surface area contributed by atoms with Crippen molar-refractivity contribution < 1.29 is 9.26 Å². The zero-order valence-corrected chi connectivity index (χ0v) is 10.7. The van der Waals surface area contributed by atoms with Gasteiger partial charge >= 0.3 is 0 Å². The average Bonchev–Trinajstić information content (AvgIpc) is 2.75. The number of methoxy groups -OCH3 is 1. The lowest BCUT2D eigenvalue weighted by atomic mass is 10.3. The van der Waals surface area contributed by atoms with Crippen molar-refractivity contribution in [2.24, 2.45) is 0 Å². The van der Waals surface area contributed by atoms with Gasteiger partial charge in [0.25, 0.3) is 0 Å². The van der Waals surface area contributed by atoms with Crippen molar-refractivity contribution in [2.75, 3.05) is 19.0 Å². The standard InChI is InChI=1S/C12H16N4O2/c1-8-6-10(11(17-3)7-14-8)13-5-4-12-15-9(2)16-18-12/h6-7H,4-5H2,1-3H3,(H,13,14). The fourth-order valence-corrected chi connectivity index (χ4v) is 1.59. The Morgan fingerprint density at radius 3 is 2.89 bits per heavy atom. The molecular formula is C12H16N4O2. The van der Waals surface area contributed by atoms with Crippen molar-refractivity contribution in [3.05, 3.63) is 29.7 Å². The molecule has 96 valence electrons. The molecule has 6 heteroatoms. The summed E-state index contributed by atoms with van der Waals surface area (Å²) in [6.07, 6.45) is 2.37. The first-order valence-electron chi connectivity index (χ1n) is 5.72. The molecule has 2 heterocycles. The van der Waals surface area contributed by atoms with Gasteiger partial charge in [-0.1, -0.05) is 5.16 Å². The van der Waals surface area contributed by atoms with E-state index >= 15 is 0 Å². The zero-order chi connectivity index (χ0) is 13.0. The van der Waals surface area contributed by atoms with Crippen LogP contribution >= 0.6 is 0 Å². The molecule has 0 fully saturated rings. The van der Waals surface area contributed by atoms with Crippen LogP contribution in [0.15, 0.2) is 16.8 Å². The Bertz CT molecular complexity index is 525. The number of rotatable bonds is 5. The molecular weight excluding hydrogens is 232 g/mol. The van der Waals surface area contributed by atoms with Crippen LogP contribution in [-0.4, -0.2) is 28.8 Å². The molecule has 0 aliphatic rings. The monoisotopic (exact) mass is 248 g/mol. The maximum absolute atomic E-state index is 5.23. The first kappa shape index (κ1) is 12.3. The van der Waals surface area contributed by atoms with Gasteiger partial charge in [-0.05, 0) is 19.9 Å². The maximum atomic E-state index is 5.23. The van der Waals surface area contributed by atoms with E-state index in [1.807, 2.05) is 13.0 Å². The molecule has 2 aromatic heterocycles. The highest BCUT2D eigenvalue weighted by atomic mass is 16.5. The van der Waals surface area contributed by atoms with Crippen molar-refractivity contribution in [3.8, 4) is 5.75 Å². The minimum atomic E-state index is 0.629. The average molecular weight is 248 g/mol. The number of aryl methyl sites for hydroxylation is 2. The van der Waals surface area contributed by atoms with Gasteiger partial charge in [-0.3, -0.25) is 4.98 Å². The molecule has 0 unspecified atom stereocenters. The summed E-state index contributed by atoms with van der Waals surface area (Å²) in [4.78, 5) is 8.31. The number of pyridine rings is 1. The summed E-state index contributed by atoms with van der Waals surface area (Å²) in [5, 5.41) is 7.01. The van der Waals surface area contributed by atoms with E-state index < -0.39 is 0 Å². The normalized spacial score (nSPS) is 10.4. The molecule has 0 saturated carbocycles. The molecule has 0 aromatic carbocycles. The Hall–Kier alpha value is -2.11. The number of nitrogens with one attached hydrogen (secondary N) is 1. The molecule has 6 nitrogen and oxygen atoms in total. The van der Waals surface area contributed by atoms with Crippen LogP contribution in [0.4, 0.5) is 5.69 Å². The summed E-state index contributed by atoms with van der Waals surface area (Å²) in [5.41, 5.74) is 1.85. The van der Waals surface area contributed by atoms with Crippen LogP contribution in [0.5, 0.6) is 5.75 Å². The molecule has 0 amide bonds. The second kappa shape index (κ2) is 5.48. The number of nitrogens with zero attached hydrogens (tertiary/aromatic N) is 3. The molecule has 0 aliphatic heterocycles. The molecule has 18 heavy (non-hydrogen) atoms. The zero-order valence-electron chi connectivity index (χ0n) is 10.7. The van der Waals surface area contributed by atoms with E-state index in [-0.39, 0.29) is 0 Å². The third kappa shape index (κ3) is 2.97. The molecule has 2 aromatic rings. The lowest BCUT2D eigenvalue weighted by molar-refractivity contribution is 0.377. The molecule has 2 rings (SSSR count). The Labute approximate surface area is 105 Å². The second-order valence-electron chi connectivity index (χ2n) is 3.94. The second-order valence-corrected chi connectivity index (χ2v) is 3.94. The van der Waals surface area contributed by atoms with Crippen LogP contribution in [-0.2, 0) is 6.42 Å². The van der Waals surface area contributed by atoms with E-state index in [0.29, 0.717) is 24.7 Å². The fraction of sp³-hybridized carbons (Fsp3) is 0.417. The van der Waals surface area contributed by atoms with Gasteiger partial charge in [-0.25, -0.2) is 0 Å². The van der Waals surface area contributed by atoms with Gasteiger partial charge < -0.3 is 14.6 Å². The van der Waals surface area contributed by atoms with Crippen molar-refractivity contribution in [1.29, 1.82) is 0 Å². The van der Waals surface area contributed by atoms with Gasteiger partial charge in [0.05, 0.1) is 19.0 Å². The largest absolute Gasteiger partial charge is 0.493 e. The van der Waals surface area contributed by atoms with E-state index in [0.717, 1.165) is 17.1 Å². The highest BCUT2D eigenvalue weighted by Crippen LogP contribution is 2.23. The first-order chi connectivity index (χ1) is 8.69. The molecule has 1 N–H and O–H groups in total. The highest BCUT2D eigenvalue weighted by molar-refractivity contribution is 5.55. The van der Waals surface area contributed by atoms with Gasteiger partial charge in [0, 0.05) is 18.7 Å².